The molecule has 2 aromatic heterocycles. The SMILES string of the molecule is CC(C)(C)NC(=O)[C@@H](c1ccc(F)cc1)N(Cc1ccco1)C(=O)CCC(=O)Nc1ccccn1. The van der Waals surface area contributed by atoms with Crippen LogP contribution in [-0.4, -0.2) is 33.1 Å². The largest absolute Gasteiger partial charge is 0.467 e. The van der Waals surface area contributed by atoms with Crippen LogP contribution in [0.4, 0.5) is 10.2 Å². The van der Waals surface area contributed by atoms with Gasteiger partial charge in [-0.2, -0.15) is 0 Å². The second-order valence-corrected chi connectivity index (χ2v) is 9.06. The van der Waals surface area contributed by atoms with Crippen LogP contribution in [0.5, 0.6) is 0 Å². The number of pyridine rings is 1. The maximum absolute atomic E-state index is 13.6. The lowest BCUT2D eigenvalue weighted by Gasteiger charge is -2.33. The maximum atomic E-state index is 13.6. The van der Waals surface area contributed by atoms with Gasteiger partial charge in [-0.25, -0.2) is 9.37 Å². The summed E-state index contributed by atoms with van der Waals surface area (Å²) < 4.78 is 19.1. The van der Waals surface area contributed by atoms with E-state index in [1.54, 1.807) is 36.5 Å². The fourth-order valence-corrected chi connectivity index (χ4v) is 3.46. The normalized spacial score (nSPS) is 12.0. The number of furan rings is 1. The highest BCUT2D eigenvalue weighted by Crippen LogP contribution is 2.26. The molecule has 3 rings (SSSR count). The lowest BCUT2D eigenvalue weighted by atomic mass is 10.0. The molecule has 0 saturated carbocycles. The van der Waals surface area contributed by atoms with E-state index < -0.39 is 29.2 Å². The number of rotatable bonds is 9. The number of amides is 3. The zero-order chi connectivity index (χ0) is 25.4. The molecule has 184 valence electrons. The van der Waals surface area contributed by atoms with Crippen LogP contribution in [0.3, 0.4) is 0 Å². The summed E-state index contributed by atoms with van der Waals surface area (Å²) in [5.41, 5.74) is -0.136. The van der Waals surface area contributed by atoms with Crippen molar-refractivity contribution in [2.45, 2.75) is 51.7 Å². The highest BCUT2D eigenvalue weighted by molar-refractivity contribution is 5.94. The summed E-state index contributed by atoms with van der Waals surface area (Å²) in [6.45, 7) is 5.47. The van der Waals surface area contributed by atoms with Gasteiger partial charge >= 0.3 is 0 Å². The van der Waals surface area contributed by atoms with Gasteiger partial charge in [-0.05, 0) is 62.7 Å². The van der Waals surface area contributed by atoms with Gasteiger partial charge in [-0.1, -0.05) is 18.2 Å². The minimum Gasteiger partial charge on any atom is -0.467 e. The van der Waals surface area contributed by atoms with Crippen molar-refractivity contribution in [3.63, 3.8) is 0 Å². The van der Waals surface area contributed by atoms with E-state index in [0.717, 1.165) is 0 Å². The second kappa shape index (κ2) is 11.4. The Balaban J connectivity index is 1.86. The van der Waals surface area contributed by atoms with Crippen molar-refractivity contribution in [1.29, 1.82) is 0 Å². The monoisotopic (exact) mass is 480 g/mol. The van der Waals surface area contributed by atoms with Gasteiger partial charge in [0.15, 0.2) is 0 Å². The molecular formula is C26H29FN4O4. The third-order valence-corrected chi connectivity index (χ3v) is 4.97. The molecule has 9 heteroatoms. The summed E-state index contributed by atoms with van der Waals surface area (Å²) >= 11 is 0. The molecule has 0 bridgehead atoms. The first-order valence-electron chi connectivity index (χ1n) is 11.2. The minimum absolute atomic E-state index is 0.00665. The maximum Gasteiger partial charge on any atom is 0.247 e. The fraction of sp³-hybridized carbons (Fsp3) is 0.308. The average molecular weight is 481 g/mol. The van der Waals surface area contributed by atoms with Gasteiger partial charge in [-0.3, -0.25) is 14.4 Å². The second-order valence-electron chi connectivity index (χ2n) is 9.06. The van der Waals surface area contributed by atoms with Crippen LogP contribution in [0.2, 0.25) is 0 Å². The van der Waals surface area contributed by atoms with Crippen molar-refractivity contribution in [1.82, 2.24) is 15.2 Å². The number of carbonyl (C=O) groups is 3. The molecule has 0 radical (unpaired) electrons. The Morgan fingerprint density at radius 3 is 2.37 bits per heavy atom. The molecule has 35 heavy (non-hydrogen) atoms. The van der Waals surface area contributed by atoms with E-state index >= 15 is 0 Å². The van der Waals surface area contributed by atoms with E-state index in [1.807, 2.05) is 20.8 Å². The molecule has 3 aromatic rings. The molecule has 0 aliphatic rings. The number of benzene rings is 1. The van der Waals surface area contributed by atoms with Gasteiger partial charge in [0, 0.05) is 24.6 Å². The lowest BCUT2D eigenvalue weighted by molar-refractivity contribution is -0.143. The van der Waals surface area contributed by atoms with Crippen LogP contribution < -0.4 is 10.6 Å². The van der Waals surface area contributed by atoms with Gasteiger partial charge in [0.1, 0.15) is 23.4 Å². The van der Waals surface area contributed by atoms with Crippen LogP contribution in [-0.2, 0) is 20.9 Å². The van der Waals surface area contributed by atoms with Crippen LogP contribution in [0.1, 0.15) is 51.0 Å². The van der Waals surface area contributed by atoms with Gasteiger partial charge in [0.05, 0.1) is 12.8 Å². The predicted molar refractivity (Wildman–Crippen MR) is 128 cm³/mol. The molecule has 0 unspecified atom stereocenters. The molecule has 2 heterocycles. The summed E-state index contributed by atoms with van der Waals surface area (Å²) in [6, 6.07) is 12.8. The molecule has 0 fully saturated rings. The number of carbonyl (C=O) groups excluding carboxylic acids is 3. The first-order chi connectivity index (χ1) is 16.6. The number of nitrogens with one attached hydrogen (secondary N) is 2. The molecule has 2 N–H and O–H groups in total. The molecule has 0 aliphatic heterocycles. The number of anilines is 1. The van der Waals surface area contributed by atoms with Crippen molar-refractivity contribution >= 4 is 23.5 Å². The molecule has 8 nitrogen and oxygen atoms in total. The van der Waals surface area contributed by atoms with Gasteiger partial charge < -0.3 is 20.0 Å². The molecule has 1 aromatic carbocycles. The minimum atomic E-state index is -1.06. The number of halogens is 1. The van der Waals surface area contributed by atoms with E-state index in [0.29, 0.717) is 17.1 Å². The average Bonchev–Trinajstić information content (AvgIpc) is 3.31. The highest BCUT2D eigenvalue weighted by atomic mass is 19.1. The molecule has 0 saturated heterocycles. The zero-order valence-corrected chi connectivity index (χ0v) is 20.0. The third-order valence-electron chi connectivity index (χ3n) is 4.97. The van der Waals surface area contributed by atoms with Crippen molar-refractivity contribution in [2.24, 2.45) is 0 Å². The number of hydrogen-bond acceptors (Lipinski definition) is 5. The first kappa shape index (κ1) is 25.6. The summed E-state index contributed by atoms with van der Waals surface area (Å²) in [5.74, 6) is -0.859. The smallest absolute Gasteiger partial charge is 0.247 e. The Kier molecular flexibility index (Phi) is 8.35. The Morgan fingerprint density at radius 2 is 1.77 bits per heavy atom. The first-order valence-corrected chi connectivity index (χ1v) is 11.2. The highest BCUT2D eigenvalue weighted by Gasteiger charge is 2.34. The van der Waals surface area contributed by atoms with E-state index in [2.05, 4.69) is 15.6 Å². The Hall–Kier alpha value is -4.01. The molecule has 0 spiro atoms. The Bertz CT molecular complexity index is 1130. The van der Waals surface area contributed by atoms with Crippen molar-refractivity contribution in [2.75, 3.05) is 5.32 Å². The zero-order valence-electron chi connectivity index (χ0n) is 20.0. The summed E-state index contributed by atoms with van der Waals surface area (Å²) in [7, 11) is 0. The van der Waals surface area contributed by atoms with E-state index in [1.165, 1.54) is 35.4 Å². The lowest BCUT2D eigenvalue weighted by Crippen LogP contribution is -2.49. The molecule has 3 amide bonds. The van der Waals surface area contributed by atoms with Gasteiger partial charge in [-0.15, -0.1) is 0 Å². The van der Waals surface area contributed by atoms with Crippen LogP contribution in [0.15, 0.2) is 71.5 Å². The van der Waals surface area contributed by atoms with E-state index in [-0.39, 0.29) is 25.3 Å². The summed E-state index contributed by atoms with van der Waals surface area (Å²) in [4.78, 5) is 44.6. The number of aromatic nitrogens is 1. The van der Waals surface area contributed by atoms with Crippen molar-refractivity contribution < 1.29 is 23.2 Å². The summed E-state index contributed by atoms with van der Waals surface area (Å²) in [5, 5.41) is 5.54. The summed E-state index contributed by atoms with van der Waals surface area (Å²) in [6.07, 6.45) is 2.76. The fourth-order valence-electron chi connectivity index (χ4n) is 3.46. The van der Waals surface area contributed by atoms with Crippen molar-refractivity contribution in [3.8, 4) is 0 Å². The van der Waals surface area contributed by atoms with Crippen molar-refractivity contribution in [3.05, 3.63) is 84.2 Å². The quantitative estimate of drug-likeness (QED) is 0.477. The Morgan fingerprint density at radius 1 is 1.03 bits per heavy atom. The standard InChI is InChI=1S/C26H29FN4O4/c1-26(2,3)30-25(34)24(18-9-11-19(27)12-10-18)31(17-20-7-6-16-35-20)23(33)14-13-22(32)29-21-8-4-5-15-28-21/h4-12,15-16,24H,13-14,17H2,1-3H3,(H,30,34)(H,28,29,32)/t24-/m1/s1. The van der Waals surface area contributed by atoms with Crippen LogP contribution >= 0.6 is 0 Å². The Labute approximate surface area is 203 Å². The number of hydrogen-bond donors (Lipinski definition) is 2. The number of nitrogens with zero attached hydrogens (tertiary/aromatic N) is 2. The molecule has 1 atom stereocenters. The van der Waals surface area contributed by atoms with Gasteiger partial charge in [0.2, 0.25) is 17.7 Å². The predicted octanol–water partition coefficient (Wildman–Crippen LogP) is 4.22. The van der Waals surface area contributed by atoms with E-state index in [4.69, 9.17) is 4.42 Å². The third kappa shape index (κ3) is 7.77. The van der Waals surface area contributed by atoms with Crippen LogP contribution in [0.25, 0.3) is 0 Å². The van der Waals surface area contributed by atoms with Gasteiger partial charge in [0.25, 0.3) is 0 Å². The molecule has 0 aliphatic carbocycles. The topological polar surface area (TPSA) is 105 Å². The van der Waals surface area contributed by atoms with Crippen LogP contribution in [0, 0.1) is 5.82 Å². The molecular weight excluding hydrogens is 451 g/mol. The van der Waals surface area contributed by atoms with E-state index in [9.17, 15) is 18.8 Å².